The normalized spacial score (nSPS) is 51.3. The van der Waals surface area contributed by atoms with E-state index in [9.17, 15) is 19.8 Å². The first-order valence-electron chi connectivity index (χ1n) is 13.4. The van der Waals surface area contributed by atoms with Gasteiger partial charge in [-0.15, -0.1) is 0 Å². The van der Waals surface area contributed by atoms with Gasteiger partial charge in [-0.2, -0.15) is 0 Å². The van der Waals surface area contributed by atoms with E-state index in [0.29, 0.717) is 19.3 Å². The Bertz CT molecular complexity index is 1000. The number of rotatable bonds is 3. The number of allylic oxidation sites excluding steroid dienone is 4. The van der Waals surface area contributed by atoms with E-state index < -0.39 is 58.9 Å². The SMILES string of the molecule is C[C@]12C=CC(=O)C=C1CC[C@H]1[C@@H]3C[C@H]4OC(C5CCCCC5)O[C@@]4(C(=O)CO)[C@@]3(C)C[C@H](O)[C@@]12F. The van der Waals surface area contributed by atoms with Crippen LogP contribution in [0.2, 0.25) is 0 Å². The highest BCUT2D eigenvalue weighted by Crippen LogP contribution is 2.72. The van der Waals surface area contributed by atoms with Crippen molar-refractivity contribution in [2.24, 2.45) is 28.6 Å². The lowest BCUT2D eigenvalue weighted by Crippen LogP contribution is -2.69. The maximum absolute atomic E-state index is 17.3. The summed E-state index contributed by atoms with van der Waals surface area (Å²) in [6.45, 7) is 3.06. The number of fused-ring (bicyclic) bond motifs is 7. The van der Waals surface area contributed by atoms with E-state index in [0.717, 1.165) is 31.3 Å². The Hall–Kier alpha value is -1.41. The zero-order valence-corrected chi connectivity index (χ0v) is 20.7. The Labute approximate surface area is 205 Å². The second-order valence-corrected chi connectivity index (χ2v) is 12.3. The first-order chi connectivity index (χ1) is 16.6. The molecule has 9 atom stereocenters. The molecule has 4 saturated carbocycles. The maximum Gasteiger partial charge on any atom is 0.193 e. The molecule has 6 aliphatic rings. The third kappa shape index (κ3) is 2.84. The quantitative estimate of drug-likeness (QED) is 0.631. The molecule has 1 unspecified atom stereocenters. The number of ether oxygens (including phenoxy) is 2. The van der Waals surface area contributed by atoms with Gasteiger partial charge in [-0.3, -0.25) is 9.59 Å². The number of Topliss-reactive ketones (excluding diaryl/α,β-unsaturated/α-hetero) is 1. The molecule has 35 heavy (non-hydrogen) atoms. The van der Waals surface area contributed by atoms with Crippen molar-refractivity contribution >= 4 is 11.6 Å². The summed E-state index contributed by atoms with van der Waals surface area (Å²) in [5.74, 6) is -1.14. The van der Waals surface area contributed by atoms with Crippen molar-refractivity contribution in [3.63, 3.8) is 0 Å². The van der Waals surface area contributed by atoms with Crippen molar-refractivity contribution in [2.75, 3.05) is 6.61 Å². The van der Waals surface area contributed by atoms with Crippen molar-refractivity contribution < 1.29 is 33.7 Å². The van der Waals surface area contributed by atoms with E-state index in [2.05, 4.69) is 0 Å². The van der Waals surface area contributed by atoms with Gasteiger partial charge in [0.25, 0.3) is 0 Å². The highest BCUT2D eigenvalue weighted by Gasteiger charge is 2.79. The van der Waals surface area contributed by atoms with Crippen molar-refractivity contribution in [3.8, 4) is 0 Å². The molecule has 192 valence electrons. The Morgan fingerprint density at radius 3 is 2.63 bits per heavy atom. The average molecular weight is 489 g/mol. The fourth-order valence-electron chi connectivity index (χ4n) is 9.22. The van der Waals surface area contributed by atoms with Crippen LogP contribution >= 0.6 is 0 Å². The van der Waals surface area contributed by atoms with Crippen LogP contribution in [0.5, 0.6) is 0 Å². The van der Waals surface area contributed by atoms with Gasteiger partial charge in [-0.05, 0) is 63.5 Å². The molecular formula is C28H37FO6. The predicted octanol–water partition coefficient (Wildman–Crippen LogP) is 3.59. The van der Waals surface area contributed by atoms with Crippen LogP contribution in [-0.4, -0.2) is 58.2 Å². The van der Waals surface area contributed by atoms with E-state index in [1.54, 1.807) is 13.0 Å². The number of aliphatic hydroxyl groups is 2. The summed E-state index contributed by atoms with van der Waals surface area (Å²) in [4.78, 5) is 25.5. The molecule has 6 nitrogen and oxygen atoms in total. The molecular weight excluding hydrogens is 451 g/mol. The van der Waals surface area contributed by atoms with Gasteiger partial charge in [0.05, 0.1) is 12.2 Å². The van der Waals surface area contributed by atoms with Crippen LogP contribution in [0.4, 0.5) is 4.39 Å². The molecule has 2 N–H and O–H groups in total. The van der Waals surface area contributed by atoms with Crippen LogP contribution in [-0.2, 0) is 19.1 Å². The van der Waals surface area contributed by atoms with Gasteiger partial charge in [0.15, 0.2) is 29.1 Å². The molecule has 1 saturated heterocycles. The Morgan fingerprint density at radius 1 is 1.17 bits per heavy atom. The molecule has 0 radical (unpaired) electrons. The number of hydrogen-bond donors (Lipinski definition) is 2. The summed E-state index contributed by atoms with van der Waals surface area (Å²) in [5.41, 5.74) is -4.57. The van der Waals surface area contributed by atoms with Gasteiger partial charge in [0.1, 0.15) is 6.61 Å². The van der Waals surface area contributed by atoms with Crippen molar-refractivity contribution in [1.82, 2.24) is 0 Å². The van der Waals surface area contributed by atoms with Crippen LogP contribution in [0.15, 0.2) is 23.8 Å². The summed E-state index contributed by atoms with van der Waals surface area (Å²) in [6.07, 6.45) is 9.09. The van der Waals surface area contributed by atoms with E-state index in [1.807, 2.05) is 6.92 Å². The number of ketones is 2. The highest BCUT2D eigenvalue weighted by atomic mass is 19.1. The second-order valence-electron chi connectivity index (χ2n) is 12.3. The summed E-state index contributed by atoms with van der Waals surface area (Å²) in [7, 11) is 0. The summed E-state index contributed by atoms with van der Waals surface area (Å²) in [5, 5.41) is 21.6. The lowest BCUT2D eigenvalue weighted by atomic mass is 9.44. The number of carbonyl (C=O) groups is 2. The largest absolute Gasteiger partial charge is 0.390 e. The third-order valence-electron chi connectivity index (χ3n) is 11.0. The van der Waals surface area contributed by atoms with Crippen LogP contribution in [0, 0.1) is 28.6 Å². The molecule has 0 amide bonds. The minimum Gasteiger partial charge on any atom is -0.390 e. The molecule has 7 heteroatoms. The van der Waals surface area contributed by atoms with Gasteiger partial charge < -0.3 is 19.7 Å². The highest BCUT2D eigenvalue weighted by molar-refractivity contribution is 6.01. The first kappa shape index (κ1) is 24.0. The van der Waals surface area contributed by atoms with Crippen LogP contribution in [0.25, 0.3) is 0 Å². The first-order valence-corrected chi connectivity index (χ1v) is 13.4. The second kappa shape index (κ2) is 7.80. The number of aliphatic hydroxyl groups excluding tert-OH is 2. The van der Waals surface area contributed by atoms with E-state index in [-0.39, 0.29) is 24.0 Å². The van der Waals surface area contributed by atoms with Crippen LogP contribution in [0.1, 0.15) is 71.6 Å². The summed E-state index contributed by atoms with van der Waals surface area (Å²) >= 11 is 0. The van der Waals surface area contributed by atoms with Gasteiger partial charge in [-0.25, -0.2) is 4.39 Å². The van der Waals surface area contributed by atoms with Gasteiger partial charge in [0, 0.05) is 22.7 Å². The molecule has 0 bridgehead atoms. The Morgan fingerprint density at radius 2 is 1.91 bits per heavy atom. The van der Waals surface area contributed by atoms with Crippen molar-refractivity contribution in [1.29, 1.82) is 0 Å². The minimum atomic E-state index is -1.97. The monoisotopic (exact) mass is 488 g/mol. The van der Waals surface area contributed by atoms with Gasteiger partial charge >= 0.3 is 0 Å². The standard InChI is InChI=1S/C28H37FO6/c1-25-11-10-18(31)12-17(25)8-9-19-20-13-23-28(22(33)15-30,26(20,2)14-21(32)27(19,25)29)35-24(34-23)16-6-4-3-5-7-16/h10-12,16,19-21,23-24,30,32H,3-9,13-15H2,1-2H3/t19-,20-,21-,23+,24?,25-,26-,27-,28+/m0/s1. The number of carbonyl (C=O) groups excluding carboxylic acids is 2. The van der Waals surface area contributed by atoms with Gasteiger partial charge in [0.2, 0.25) is 0 Å². The lowest BCUT2D eigenvalue weighted by molar-refractivity contribution is -0.236. The topological polar surface area (TPSA) is 93.1 Å². The number of hydrogen-bond acceptors (Lipinski definition) is 6. The minimum absolute atomic E-state index is 0.0400. The lowest BCUT2D eigenvalue weighted by Gasteiger charge is -2.62. The zero-order chi connectivity index (χ0) is 24.8. The Balaban J connectivity index is 1.40. The molecule has 0 aromatic rings. The Kier molecular flexibility index (Phi) is 5.34. The third-order valence-corrected chi connectivity index (χ3v) is 11.0. The predicted molar refractivity (Wildman–Crippen MR) is 125 cm³/mol. The van der Waals surface area contributed by atoms with Crippen molar-refractivity contribution in [2.45, 2.75) is 101 Å². The fraction of sp³-hybridized carbons (Fsp3) is 0.786. The van der Waals surface area contributed by atoms with Crippen LogP contribution < -0.4 is 0 Å². The zero-order valence-electron chi connectivity index (χ0n) is 20.7. The molecule has 0 spiro atoms. The molecule has 0 aromatic heterocycles. The fourth-order valence-corrected chi connectivity index (χ4v) is 9.22. The maximum atomic E-state index is 17.3. The molecule has 0 aromatic carbocycles. The van der Waals surface area contributed by atoms with E-state index in [4.69, 9.17) is 9.47 Å². The smallest absolute Gasteiger partial charge is 0.193 e. The molecule has 5 fully saturated rings. The summed E-state index contributed by atoms with van der Waals surface area (Å²) in [6, 6.07) is 0. The van der Waals surface area contributed by atoms with Gasteiger partial charge in [-0.1, -0.05) is 37.8 Å². The van der Waals surface area contributed by atoms with E-state index in [1.165, 1.54) is 18.6 Å². The average Bonchev–Trinajstić information content (AvgIpc) is 3.34. The molecule has 1 aliphatic heterocycles. The number of halogens is 1. The molecule has 6 rings (SSSR count). The number of alkyl halides is 1. The molecule has 1 heterocycles. The van der Waals surface area contributed by atoms with E-state index >= 15 is 4.39 Å². The molecule has 5 aliphatic carbocycles. The van der Waals surface area contributed by atoms with Crippen LogP contribution in [0.3, 0.4) is 0 Å². The summed E-state index contributed by atoms with van der Waals surface area (Å²) < 4.78 is 30.4. The van der Waals surface area contributed by atoms with Crippen molar-refractivity contribution in [3.05, 3.63) is 23.8 Å².